The number of piperidine rings is 1. The summed E-state index contributed by atoms with van der Waals surface area (Å²) in [5, 5.41) is 19.9. The molecule has 9 nitrogen and oxygen atoms in total. The minimum Gasteiger partial charge on any atom is -0.491 e. The van der Waals surface area contributed by atoms with E-state index in [0.29, 0.717) is 62.7 Å². The Balaban J connectivity index is 1.17. The van der Waals surface area contributed by atoms with Gasteiger partial charge in [0.15, 0.2) is 0 Å². The molecule has 0 bridgehead atoms. The summed E-state index contributed by atoms with van der Waals surface area (Å²) in [5.74, 6) is 0.922. The minimum atomic E-state index is -0.902. The summed E-state index contributed by atoms with van der Waals surface area (Å²) in [6, 6.07) is 13.6. The Kier molecular flexibility index (Phi) is 7.29. The van der Waals surface area contributed by atoms with Crippen molar-refractivity contribution in [1.29, 1.82) is 0 Å². The van der Waals surface area contributed by atoms with Gasteiger partial charge in [0.2, 0.25) is 0 Å². The van der Waals surface area contributed by atoms with Gasteiger partial charge in [0, 0.05) is 58.2 Å². The van der Waals surface area contributed by atoms with Gasteiger partial charge < -0.3 is 29.5 Å². The lowest BCUT2D eigenvalue weighted by Crippen LogP contribution is -2.44. The van der Waals surface area contributed by atoms with Gasteiger partial charge in [0.1, 0.15) is 24.2 Å². The summed E-state index contributed by atoms with van der Waals surface area (Å²) in [5.41, 5.74) is 3.13. The van der Waals surface area contributed by atoms with E-state index < -0.39 is 12.2 Å². The Hall–Kier alpha value is -3.30. The van der Waals surface area contributed by atoms with Crippen molar-refractivity contribution in [3.63, 3.8) is 0 Å². The second-order valence-corrected chi connectivity index (χ2v) is 9.75. The number of amides is 2. The first-order valence-electron chi connectivity index (χ1n) is 12.6. The number of hydrogen-bond donors (Lipinski definition) is 2. The number of β-amino-alcohol motifs (C(OH)–C–C–N with tert-alkyl or cyclic N) is 1. The van der Waals surface area contributed by atoms with Gasteiger partial charge in [0.05, 0.1) is 18.2 Å². The maximum atomic E-state index is 13.2. The van der Waals surface area contributed by atoms with E-state index in [1.165, 1.54) is 16.0 Å². The maximum absolute atomic E-state index is 13.2. The molecule has 36 heavy (non-hydrogen) atoms. The van der Waals surface area contributed by atoms with Crippen molar-refractivity contribution >= 4 is 12.0 Å². The molecule has 0 aromatic heterocycles. The number of likely N-dealkylation sites (tertiary alicyclic amines) is 1. The highest BCUT2D eigenvalue weighted by Gasteiger charge is 2.28. The number of carbonyl (C=O) groups is 2. The minimum absolute atomic E-state index is 0.0754. The predicted molar refractivity (Wildman–Crippen MR) is 133 cm³/mol. The summed E-state index contributed by atoms with van der Waals surface area (Å²) in [7, 11) is 0. The van der Waals surface area contributed by atoms with Crippen molar-refractivity contribution in [2.24, 2.45) is 0 Å². The van der Waals surface area contributed by atoms with Crippen LogP contribution in [0.4, 0.5) is 4.79 Å². The van der Waals surface area contributed by atoms with E-state index in [9.17, 15) is 14.7 Å². The molecule has 0 saturated carbocycles. The van der Waals surface area contributed by atoms with Gasteiger partial charge in [-0.1, -0.05) is 24.3 Å². The summed E-state index contributed by atoms with van der Waals surface area (Å²) in [6.45, 7) is 4.10. The van der Waals surface area contributed by atoms with E-state index in [0.717, 1.165) is 19.5 Å². The van der Waals surface area contributed by atoms with Gasteiger partial charge in [-0.15, -0.1) is 0 Å². The standard InChI is InChI=1S/C27H33N3O6/c31-21(17-28-10-7-19-3-1-2-4-20(19)16-28)18-30-13-14-35-25-15-23(5-6-24(25)26(30)32)36-22-8-11-29(12-9-22)27(33)34/h1-6,15,21-22,31H,7-14,16-18H2,(H,33,34)/t21-/m1/s1. The zero-order chi connectivity index (χ0) is 25.1. The Bertz CT molecular complexity index is 1100. The molecule has 1 saturated heterocycles. The van der Waals surface area contributed by atoms with Crippen molar-refractivity contribution in [2.45, 2.75) is 38.0 Å². The lowest BCUT2D eigenvalue weighted by molar-refractivity contribution is 0.0501. The molecular weight excluding hydrogens is 462 g/mol. The molecule has 0 radical (unpaired) electrons. The molecule has 5 rings (SSSR count). The van der Waals surface area contributed by atoms with Crippen LogP contribution in [0.2, 0.25) is 0 Å². The average Bonchev–Trinajstić information content (AvgIpc) is 3.02. The fraction of sp³-hybridized carbons (Fsp3) is 0.481. The van der Waals surface area contributed by atoms with Crippen LogP contribution in [-0.2, 0) is 13.0 Å². The quantitative estimate of drug-likeness (QED) is 0.635. The molecule has 9 heteroatoms. The monoisotopic (exact) mass is 495 g/mol. The van der Waals surface area contributed by atoms with Gasteiger partial charge in [-0.05, 0) is 29.7 Å². The van der Waals surface area contributed by atoms with Crippen LogP contribution in [0, 0.1) is 0 Å². The maximum Gasteiger partial charge on any atom is 0.407 e. The van der Waals surface area contributed by atoms with E-state index in [1.54, 1.807) is 23.1 Å². The van der Waals surface area contributed by atoms with Crippen molar-refractivity contribution in [3.8, 4) is 11.5 Å². The Labute approximate surface area is 210 Å². The molecule has 1 atom stereocenters. The highest BCUT2D eigenvalue weighted by Crippen LogP contribution is 2.30. The number of carboxylic acid groups (broad SMARTS) is 1. The zero-order valence-electron chi connectivity index (χ0n) is 20.3. The third kappa shape index (κ3) is 5.57. The van der Waals surface area contributed by atoms with Gasteiger partial charge in [-0.2, -0.15) is 0 Å². The Morgan fingerprint density at radius 2 is 1.83 bits per heavy atom. The van der Waals surface area contributed by atoms with Crippen LogP contribution in [0.25, 0.3) is 0 Å². The fourth-order valence-corrected chi connectivity index (χ4v) is 5.26. The van der Waals surface area contributed by atoms with E-state index >= 15 is 0 Å². The lowest BCUT2D eigenvalue weighted by Gasteiger charge is -2.32. The molecule has 0 unspecified atom stereocenters. The third-order valence-corrected chi connectivity index (χ3v) is 7.21. The number of carbonyl (C=O) groups excluding carboxylic acids is 1. The van der Waals surface area contributed by atoms with Crippen LogP contribution in [-0.4, -0.2) is 95.0 Å². The number of ether oxygens (including phenoxy) is 2. The first-order chi connectivity index (χ1) is 17.5. The molecule has 3 aliphatic rings. The van der Waals surface area contributed by atoms with E-state index in [4.69, 9.17) is 14.6 Å². The number of nitrogens with zero attached hydrogens (tertiary/aromatic N) is 3. The second-order valence-electron chi connectivity index (χ2n) is 9.75. The third-order valence-electron chi connectivity index (χ3n) is 7.21. The van der Waals surface area contributed by atoms with Gasteiger partial charge >= 0.3 is 6.09 Å². The van der Waals surface area contributed by atoms with Crippen molar-refractivity contribution in [1.82, 2.24) is 14.7 Å². The molecule has 192 valence electrons. The van der Waals surface area contributed by atoms with Gasteiger partial charge in [-0.25, -0.2) is 4.79 Å². The largest absolute Gasteiger partial charge is 0.491 e. The Morgan fingerprint density at radius 3 is 2.61 bits per heavy atom. The Morgan fingerprint density at radius 1 is 1.06 bits per heavy atom. The SMILES string of the molecule is O=C(O)N1CCC(Oc2ccc3c(c2)OCCN(C[C@H](O)CN2CCc4ccccc4C2)C3=O)CC1. The molecule has 2 aromatic rings. The number of hydrogen-bond acceptors (Lipinski definition) is 6. The molecule has 2 amide bonds. The van der Waals surface area contributed by atoms with Crippen molar-refractivity contribution in [2.75, 3.05) is 45.9 Å². The van der Waals surface area contributed by atoms with Crippen molar-refractivity contribution in [3.05, 3.63) is 59.2 Å². The van der Waals surface area contributed by atoms with E-state index in [2.05, 4.69) is 23.1 Å². The van der Waals surface area contributed by atoms with E-state index in [1.807, 2.05) is 6.07 Å². The summed E-state index contributed by atoms with van der Waals surface area (Å²) in [6.07, 6.45) is 0.583. The van der Waals surface area contributed by atoms with Crippen LogP contribution in [0.3, 0.4) is 0 Å². The highest BCUT2D eigenvalue weighted by atomic mass is 16.5. The first kappa shape index (κ1) is 24.4. The van der Waals surface area contributed by atoms with Gasteiger partial charge in [-0.3, -0.25) is 9.69 Å². The zero-order valence-corrected chi connectivity index (χ0v) is 20.3. The summed E-state index contributed by atoms with van der Waals surface area (Å²) in [4.78, 5) is 29.6. The topological polar surface area (TPSA) is 103 Å². The second kappa shape index (κ2) is 10.8. The number of aliphatic hydroxyl groups is 1. The van der Waals surface area contributed by atoms with Crippen LogP contribution < -0.4 is 9.47 Å². The summed E-state index contributed by atoms with van der Waals surface area (Å²) >= 11 is 0. The molecule has 2 aromatic carbocycles. The smallest absolute Gasteiger partial charge is 0.407 e. The number of fused-ring (bicyclic) bond motifs is 2. The molecule has 1 fully saturated rings. The highest BCUT2D eigenvalue weighted by molar-refractivity contribution is 5.97. The van der Waals surface area contributed by atoms with Crippen LogP contribution in [0.15, 0.2) is 42.5 Å². The molecule has 0 spiro atoms. The lowest BCUT2D eigenvalue weighted by atomic mass is 10.00. The fourth-order valence-electron chi connectivity index (χ4n) is 5.26. The van der Waals surface area contributed by atoms with Gasteiger partial charge in [0.25, 0.3) is 5.91 Å². The molecule has 0 aliphatic carbocycles. The van der Waals surface area contributed by atoms with Crippen LogP contribution >= 0.6 is 0 Å². The van der Waals surface area contributed by atoms with Crippen LogP contribution in [0.5, 0.6) is 11.5 Å². The molecule has 3 aliphatic heterocycles. The molecular formula is C27H33N3O6. The summed E-state index contributed by atoms with van der Waals surface area (Å²) < 4.78 is 11.9. The molecule has 2 N–H and O–H groups in total. The van der Waals surface area contributed by atoms with Crippen LogP contribution in [0.1, 0.15) is 34.3 Å². The normalized spacial score (nSPS) is 19.6. The number of rotatable bonds is 6. The number of aliphatic hydroxyl groups excluding tert-OH is 1. The van der Waals surface area contributed by atoms with Crippen molar-refractivity contribution < 1.29 is 29.3 Å². The average molecular weight is 496 g/mol. The van der Waals surface area contributed by atoms with E-state index in [-0.39, 0.29) is 18.6 Å². The molecule has 3 heterocycles. The first-order valence-corrected chi connectivity index (χ1v) is 12.6. The predicted octanol–water partition coefficient (Wildman–Crippen LogP) is 2.46. The number of benzene rings is 2.